The Morgan fingerprint density at radius 3 is 2.38 bits per heavy atom. The minimum absolute atomic E-state index is 0.0704. The first-order valence-electron chi connectivity index (χ1n) is 8.78. The van der Waals surface area contributed by atoms with Gasteiger partial charge >= 0.3 is 0 Å². The lowest BCUT2D eigenvalue weighted by atomic mass is 9.97. The summed E-state index contributed by atoms with van der Waals surface area (Å²) in [6.07, 6.45) is 1.94. The van der Waals surface area contributed by atoms with E-state index in [1.807, 2.05) is 30.3 Å². The third-order valence-electron chi connectivity index (χ3n) is 4.83. The Kier molecular flexibility index (Phi) is 5.34. The van der Waals surface area contributed by atoms with Gasteiger partial charge in [0.25, 0.3) is 0 Å². The molecule has 1 aliphatic carbocycles. The number of nitrogens with zero attached hydrogens (tertiary/aromatic N) is 1. The zero-order chi connectivity index (χ0) is 18.6. The molecule has 5 heteroatoms. The minimum atomic E-state index is -0.809. The molecule has 1 saturated carbocycles. The van der Waals surface area contributed by atoms with Crippen molar-refractivity contribution in [1.29, 1.82) is 5.26 Å². The fraction of sp³-hybridized carbons (Fsp3) is 0.333. The molecule has 1 fully saturated rings. The van der Waals surface area contributed by atoms with Crippen molar-refractivity contribution in [2.45, 2.75) is 31.3 Å². The molecule has 2 aromatic rings. The second kappa shape index (κ2) is 7.67. The number of benzene rings is 2. The second-order valence-electron chi connectivity index (χ2n) is 6.91. The predicted octanol–water partition coefficient (Wildman–Crippen LogP) is 3.31. The van der Waals surface area contributed by atoms with E-state index in [0.717, 1.165) is 24.0 Å². The largest absolute Gasteiger partial charge is 0.337 e. The molecule has 1 amide bonds. The highest BCUT2D eigenvalue weighted by molar-refractivity contribution is 5.79. The highest BCUT2D eigenvalue weighted by atomic mass is 19.1. The molecule has 0 aliphatic heterocycles. The molecule has 26 heavy (non-hydrogen) atoms. The zero-order valence-corrected chi connectivity index (χ0v) is 14.7. The second-order valence-corrected chi connectivity index (χ2v) is 6.91. The molecule has 0 bridgehead atoms. The Balaban J connectivity index is 1.71. The van der Waals surface area contributed by atoms with E-state index in [0.29, 0.717) is 0 Å². The Bertz CT molecular complexity index is 796. The molecular formula is C21H22FN3O. The highest BCUT2D eigenvalue weighted by Crippen LogP contribution is 2.39. The summed E-state index contributed by atoms with van der Waals surface area (Å²) >= 11 is 0. The maximum Gasteiger partial charge on any atom is 0.235 e. The van der Waals surface area contributed by atoms with Crippen LogP contribution >= 0.6 is 0 Å². The van der Waals surface area contributed by atoms with Gasteiger partial charge in [-0.3, -0.25) is 10.1 Å². The van der Waals surface area contributed by atoms with Crippen LogP contribution in [0.5, 0.6) is 0 Å². The smallest absolute Gasteiger partial charge is 0.235 e. The van der Waals surface area contributed by atoms with Crippen molar-refractivity contribution < 1.29 is 9.18 Å². The van der Waals surface area contributed by atoms with Gasteiger partial charge in [0.05, 0.1) is 18.7 Å². The summed E-state index contributed by atoms with van der Waals surface area (Å²) in [4.78, 5) is 12.4. The van der Waals surface area contributed by atoms with Crippen molar-refractivity contribution in [3.63, 3.8) is 0 Å². The molecule has 0 spiro atoms. The van der Waals surface area contributed by atoms with E-state index in [1.54, 1.807) is 19.1 Å². The summed E-state index contributed by atoms with van der Waals surface area (Å²) in [7, 11) is 0. The number of nitrogens with one attached hydrogen (secondary N) is 2. The van der Waals surface area contributed by atoms with Crippen LogP contribution in [0.4, 0.5) is 4.39 Å². The van der Waals surface area contributed by atoms with E-state index in [-0.39, 0.29) is 30.2 Å². The lowest BCUT2D eigenvalue weighted by Crippen LogP contribution is -2.49. The van der Waals surface area contributed by atoms with Crippen molar-refractivity contribution in [2.24, 2.45) is 5.92 Å². The van der Waals surface area contributed by atoms with Crippen LogP contribution in [0.25, 0.3) is 0 Å². The molecule has 0 heterocycles. The van der Waals surface area contributed by atoms with E-state index in [2.05, 4.69) is 16.7 Å². The van der Waals surface area contributed by atoms with Crippen LogP contribution in [0, 0.1) is 23.1 Å². The fourth-order valence-electron chi connectivity index (χ4n) is 3.14. The van der Waals surface area contributed by atoms with Gasteiger partial charge in [0.1, 0.15) is 11.4 Å². The zero-order valence-electron chi connectivity index (χ0n) is 14.7. The Labute approximate surface area is 153 Å². The van der Waals surface area contributed by atoms with Crippen LogP contribution in [0.15, 0.2) is 54.6 Å². The van der Waals surface area contributed by atoms with Gasteiger partial charge in [-0.2, -0.15) is 5.26 Å². The van der Waals surface area contributed by atoms with E-state index in [9.17, 15) is 14.4 Å². The standard InChI is InChI=1S/C21H22FN3O/c1-21(14-23,17-9-10-17)25-19(26)13-24-20(15-5-3-2-4-6-15)16-7-11-18(22)12-8-16/h2-8,11-12,17,20,24H,9-10,13H2,1H3,(H,25,26)/t20-,21-/m1/s1. The number of hydrogen-bond acceptors (Lipinski definition) is 3. The van der Waals surface area contributed by atoms with Crippen molar-refractivity contribution in [2.75, 3.05) is 6.54 Å². The molecule has 134 valence electrons. The van der Waals surface area contributed by atoms with Gasteiger partial charge in [-0.25, -0.2) is 4.39 Å². The minimum Gasteiger partial charge on any atom is -0.337 e. The van der Waals surface area contributed by atoms with E-state index in [4.69, 9.17) is 0 Å². The number of nitriles is 1. The maximum atomic E-state index is 13.3. The van der Waals surface area contributed by atoms with Gasteiger partial charge in [0.2, 0.25) is 5.91 Å². The van der Waals surface area contributed by atoms with Gasteiger partial charge in [-0.15, -0.1) is 0 Å². The van der Waals surface area contributed by atoms with Crippen LogP contribution in [0.1, 0.15) is 36.9 Å². The monoisotopic (exact) mass is 351 g/mol. The number of hydrogen-bond donors (Lipinski definition) is 2. The summed E-state index contributed by atoms with van der Waals surface area (Å²) in [5, 5.41) is 15.5. The highest BCUT2D eigenvalue weighted by Gasteiger charge is 2.42. The molecule has 3 rings (SSSR count). The Hall–Kier alpha value is -2.71. The first kappa shape index (κ1) is 18.1. The number of amides is 1. The molecule has 1 aliphatic rings. The Morgan fingerprint density at radius 2 is 1.81 bits per heavy atom. The van der Waals surface area contributed by atoms with Gasteiger partial charge in [0, 0.05) is 0 Å². The summed E-state index contributed by atoms with van der Waals surface area (Å²) in [6.45, 7) is 1.85. The van der Waals surface area contributed by atoms with Crippen LogP contribution in [-0.4, -0.2) is 18.0 Å². The van der Waals surface area contributed by atoms with Crippen LogP contribution in [0.3, 0.4) is 0 Å². The molecule has 0 saturated heterocycles. The molecule has 0 unspecified atom stereocenters. The summed E-state index contributed by atoms with van der Waals surface area (Å²) in [6, 6.07) is 17.9. The van der Waals surface area contributed by atoms with Crippen molar-refractivity contribution >= 4 is 5.91 Å². The van der Waals surface area contributed by atoms with Gasteiger partial charge < -0.3 is 5.32 Å². The first-order chi connectivity index (χ1) is 12.5. The quantitative estimate of drug-likeness (QED) is 0.804. The van der Waals surface area contributed by atoms with Gasteiger partial charge in [-0.1, -0.05) is 42.5 Å². The molecule has 2 atom stereocenters. The number of halogens is 1. The summed E-state index contributed by atoms with van der Waals surface area (Å²) in [5.41, 5.74) is 1.05. The summed E-state index contributed by atoms with van der Waals surface area (Å²) in [5.74, 6) is -0.282. The normalized spacial score (nSPS) is 17.0. The van der Waals surface area contributed by atoms with Gasteiger partial charge in [-0.05, 0) is 48.9 Å². The summed E-state index contributed by atoms with van der Waals surface area (Å²) < 4.78 is 13.3. The maximum absolute atomic E-state index is 13.3. The van der Waals surface area contributed by atoms with E-state index in [1.165, 1.54) is 12.1 Å². The van der Waals surface area contributed by atoms with E-state index < -0.39 is 5.54 Å². The first-order valence-corrected chi connectivity index (χ1v) is 8.78. The molecule has 4 nitrogen and oxygen atoms in total. The third-order valence-corrected chi connectivity index (χ3v) is 4.83. The molecular weight excluding hydrogens is 329 g/mol. The van der Waals surface area contributed by atoms with Crippen LogP contribution in [0.2, 0.25) is 0 Å². The van der Waals surface area contributed by atoms with Crippen molar-refractivity contribution in [3.05, 3.63) is 71.5 Å². The topological polar surface area (TPSA) is 64.9 Å². The molecule has 2 N–H and O–H groups in total. The van der Waals surface area contributed by atoms with E-state index >= 15 is 0 Å². The lowest BCUT2D eigenvalue weighted by Gasteiger charge is -2.24. The third kappa shape index (κ3) is 4.27. The lowest BCUT2D eigenvalue weighted by molar-refractivity contribution is -0.121. The Morgan fingerprint density at radius 1 is 1.19 bits per heavy atom. The van der Waals surface area contributed by atoms with Gasteiger partial charge in [0.15, 0.2) is 0 Å². The average Bonchev–Trinajstić information content (AvgIpc) is 3.50. The average molecular weight is 351 g/mol. The molecule has 0 radical (unpaired) electrons. The number of carbonyl (C=O) groups excluding carboxylic acids is 1. The molecule has 2 aromatic carbocycles. The number of carbonyl (C=O) groups is 1. The van der Waals surface area contributed by atoms with Crippen LogP contribution < -0.4 is 10.6 Å². The predicted molar refractivity (Wildman–Crippen MR) is 97.6 cm³/mol. The number of rotatable bonds is 7. The van der Waals surface area contributed by atoms with Crippen molar-refractivity contribution in [3.8, 4) is 6.07 Å². The molecule has 0 aromatic heterocycles. The van der Waals surface area contributed by atoms with Crippen molar-refractivity contribution in [1.82, 2.24) is 10.6 Å². The van der Waals surface area contributed by atoms with Crippen LogP contribution in [-0.2, 0) is 4.79 Å². The fourth-order valence-corrected chi connectivity index (χ4v) is 3.14. The SMILES string of the molecule is C[C@](C#N)(NC(=O)CN[C@H](c1ccccc1)c1ccc(F)cc1)C1CC1.